The summed E-state index contributed by atoms with van der Waals surface area (Å²) >= 11 is 0. The van der Waals surface area contributed by atoms with Gasteiger partial charge in [-0.25, -0.2) is 0 Å². The molecule has 1 aliphatic rings. The Balaban J connectivity index is 0.000000956. The summed E-state index contributed by atoms with van der Waals surface area (Å²) in [6.45, 7) is 11.1. The normalized spacial score (nSPS) is 23.3. The number of rotatable bonds is 2. The van der Waals surface area contributed by atoms with Crippen molar-refractivity contribution < 1.29 is 0 Å². The van der Waals surface area contributed by atoms with Crippen LogP contribution in [0.4, 0.5) is 0 Å². The summed E-state index contributed by atoms with van der Waals surface area (Å²) in [4.78, 5) is 2.41. The maximum Gasteiger partial charge on any atom is 0.0602 e. The molecule has 1 heterocycles. The molecule has 1 fully saturated rings. The fourth-order valence-electron chi connectivity index (χ4n) is 2.69. The number of likely N-dealkylation sites (tertiary alicyclic amines) is 1. The minimum absolute atomic E-state index is 0.351. The van der Waals surface area contributed by atoms with E-state index in [-0.39, 0.29) is 0 Å². The second-order valence-corrected chi connectivity index (χ2v) is 4.72. The van der Waals surface area contributed by atoms with Crippen LogP contribution in [0.15, 0.2) is 66.3 Å². The van der Waals surface area contributed by atoms with E-state index in [0.717, 1.165) is 13.0 Å². The van der Waals surface area contributed by atoms with Gasteiger partial charge < -0.3 is 0 Å². The Kier molecular flexibility index (Phi) is 7.03. The van der Waals surface area contributed by atoms with Crippen molar-refractivity contribution in [3.8, 4) is 0 Å². The molecule has 0 bridgehead atoms. The summed E-state index contributed by atoms with van der Waals surface area (Å²) < 4.78 is 0. The topological polar surface area (TPSA) is 3.24 Å². The zero-order chi connectivity index (χ0) is 15.0. The number of hydrogen-bond acceptors (Lipinski definition) is 1. The maximum atomic E-state index is 3.85. The molecule has 20 heavy (non-hydrogen) atoms. The molecule has 1 aliphatic heterocycles. The van der Waals surface area contributed by atoms with E-state index in [1.165, 1.54) is 16.7 Å². The molecule has 1 saturated heterocycles. The molecule has 0 aromatic heterocycles. The largest absolute Gasteiger partial charge is 0.295 e. The van der Waals surface area contributed by atoms with Gasteiger partial charge in [0.25, 0.3) is 0 Å². The molecular weight excluding hydrogens is 242 g/mol. The molecule has 1 heteroatoms. The van der Waals surface area contributed by atoms with Gasteiger partial charge in [-0.3, -0.25) is 4.90 Å². The van der Waals surface area contributed by atoms with E-state index >= 15 is 0 Å². The quantitative estimate of drug-likeness (QED) is 0.718. The molecule has 1 unspecified atom stereocenters. The number of allylic oxidation sites excluding steroid dienone is 3. The summed E-state index contributed by atoms with van der Waals surface area (Å²) in [6, 6.07) is 11.0. The SMILES string of the molecule is C=C/C=C1\C(=C/C)CCN(C)C1c1ccccc1.CC. The summed E-state index contributed by atoms with van der Waals surface area (Å²) in [5.74, 6) is 0. The molecule has 0 spiro atoms. The Bertz CT molecular complexity index is 468. The van der Waals surface area contributed by atoms with Gasteiger partial charge in [0, 0.05) is 6.54 Å². The van der Waals surface area contributed by atoms with Crippen LogP contribution in [0.3, 0.4) is 0 Å². The zero-order valence-corrected chi connectivity index (χ0v) is 13.3. The minimum atomic E-state index is 0.351. The van der Waals surface area contributed by atoms with Crippen molar-refractivity contribution >= 4 is 0 Å². The Morgan fingerprint density at radius 3 is 2.40 bits per heavy atom. The van der Waals surface area contributed by atoms with Crippen LogP contribution in [0.5, 0.6) is 0 Å². The zero-order valence-electron chi connectivity index (χ0n) is 13.3. The van der Waals surface area contributed by atoms with Crippen LogP contribution in [-0.4, -0.2) is 18.5 Å². The van der Waals surface area contributed by atoms with Crippen molar-refractivity contribution in [2.75, 3.05) is 13.6 Å². The molecule has 0 radical (unpaired) electrons. The Hall–Kier alpha value is -1.60. The van der Waals surface area contributed by atoms with Crippen molar-refractivity contribution in [3.05, 3.63) is 71.8 Å². The van der Waals surface area contributed by atoms with Crippen LogP contribution in [0.1, 0.15) is 38.8 Å². The van der Waals surface area contributed by atoms with Gasteiger partial charge in [0.15, 0.2) is 0 Å². The van der Waals surface area contributed by atoms with Crippen molar-refractivity contribution in [1.82, 2.24) is 4.90 Å². The lowest BCUT2D eigenvalue weighted by atomic mass is 9.86. The summed E-state index contributed by atoms with van der Waals surface area (Å²) in [6.07, 6.45) is 7.41. The van der Waals surface area contributed by atoms with E-state index in [1.54, 1.807) is 0 Å². The monoisotopic (exact) mass is 269 g/mol. The minimum Gasteiger partial charge on any atom is -0.295 e. The molecule has 1 aromatic rings. The van der Waals surface area contributed by atoms with E-state index in [4.69, 9.17) is 0 Å². The molecule has 2 rings (SSSR count). The molecule has 1 atom stereocenters. The number of piperidine rings is 1. The van der Waals surface area contributed by atoms with Gasteiger partial charge in [-0.1, -0.05) is 69.0 Å². The fourth-order valence-corrected chi connectivity index (χ4v) is 2.69. The van der Waals surface area contributed by atoms with E-state index in [0.29, 0.717) is 6.04 Å². The molecule has 1 aromatic carbocycles. The third-order valence-electron chi connectivity index (χ3n) is 3.60. The molecule has 0 N–H and O–H groups in total. The summed E-state index contributed by atoms with van der Waals surface area (Å²) in [7, 11) is 2.20. The molecule has 1 nitrogen and oxygen atoms in total. The second-order valence-electron chi connectivity index (χ2n) is 4.72. The highest BCUT2D eigenvalue weighted by Gasteiger charge is 2.27. The molecular formula is C19H27N. The summed E-state index contributed by atoms with van der Waals surface area (Å²) in [5.41, 5.74) is 4.18. The van der Waals surface area contributed by atoms with Crippen LogP contribution in [0.25, 0.3) is 0 Å². The Morgan fingerprint density at radius 1 is 1.20 bits per heavy atom. The van der Waals surface area contributed by atoms with Crippen LogP contribution in [0.2, 0.25) is 0 Å². The molecule has 0 aliphatic carbocycles. The van der Waals surface area contributed by atoms with E-state index in [2.05, 4.69) is 67.9 Å². The Labute approximate surface area is 124 Å². The van der Waals surface area contributed by atoms with Gasteiger partial charge in [-0.05, 0) is 37.1 Å². The van der Waals surface area contributed by atoms with Gasteiger partial charge >= 0.3 is 0 Å². The first kappa shape index (κ1) is 16.5. The smallest absolute Gasteiger partial charge is 0.0602 e. The standard InChI is InChI=1S/C17H21N.C2H6/c1-4-9-16-14(5-2)12-13-18(3)17(16)15-10-7-6-8-11-15;1-2/h4-11,17H,1,12-13H2,2-3H3;1-2H3/b14-5-,16-9+;. The maximum absolute atomic E-state index is 3.85. The van der Waals surface area contributed by atoms with Gasteiger partial charge in [0.05, 0.1) is 6.04 Å². The third kappa shape index (κ3) is 3.71. The van der Waals surface area contributed by atoms with Gasteiger partial charge in [0.2, 0.25) is 0 Å². The number of hydrogen-bond donors (Lipinski definition) is 0. The fraction of sp³-hybridized carbons (Fsp3) is 0.368. The van der Waals surface area contributed by atoms with Crippen LogP contribution >= 0.6 is 0 Å². The predicted octanol–water partition coefficient (Wildman–Crippen LogP) is 5.15. The highest BCUT2D eigenvalue weighted by molar-refractivity contribution is 5.44. The van der Waals surface area contributed by atoms with Gasteiger partial charge in [-0.2, -0.15) is 0 Å². The summed E-state index contributed by atoms with van der Waals surface area (Å²) in [5, 5.41) is 0. The van der Waals surface area contributed by atoms with E-state index in [1.807, 2.05) is 19.9 Å². The first-order valence-electron chi connectivity index (χ1n) is 7.51. The molecule has 0 amide bonds. The molecule has 0 saturated carbocycles. The van der Waals surface area contributed by atoms with Crippen LogP contribution in [0, 0.1) is 0 Å². The lowest BCUT2D eigenvalue weighted by molar-refractivity contribution is 0.260. The number of nitrogens with zero attached hydrogens (tertiary/aromatic N) is 1. The first-order valence-corrected chi connectivity index (χ1v) is 7.51. The van der Waals surface area contributed by atoms with Crippen LogP contribution in [-0.2, 0) is 0 Å². The average Bonchev–Trinajstić information content (AvgIpc) is 2.51. The third-order valence-corrected chi connectivity index (χ3v) is 3.60. The van der Waals surface area contributed by atoms with Crippen molar-refractivity contribution in [2.45, 2.75) is 33.2 Å². The van der Waals surface area contributed by atoms with Gasteiger partial charge in [-0.15, -0.1) is 0 Å². The van der Waals surface area contributed by atoms with Gasteiger partial charge in [0.1, 0.15) is 0 Å². The van der Waals surface area contributed by atoms with Crippen LogP contribution < -0.4 is 0 Å². The average molecular weight is 269 g/mol. The highest BCUT2D eigenvalue weighted by Crippen LogP contribution is 2.37. The first-order chi connectivity index (χ1) is 9.77. The highest BCUT2D eigenvalue weighted by atomic mass is 15.1. The lowest BCUT2D eigenvalue weighted by Crippen LogP contribution is -2.32. The predicted molar refractivity (Wildman–Crippen MR) is 89.8 cm³/mol. The van der Waals surface area contributed by atoms with Crippen molar-refractivity contribution in [1.29, 1.82) is 0 Å². The van der Waals surface area contributed by atoms with E-state index in [9.17, 15) is 0 Å². The number of benzene rings is 1. The van der Waals surface area contributed by atoms with Crippen molar-refractivity contribution in [3.63, 3.8) is 0 Å². The molecule has 108 valence electrons. The van der Waals surface area contributed by atoms with E-state index < -0.39 is 0 Å². The van der Waals surface area contributed by atoms with Crippen molar-refractivity contribution in [2.24, 2.45) is 0 Å². The second kappa shape index (κ2) is 8.55. The number of likely N-dealkylation sites (N-methyl/N-ethyl adjacent to an activating group) is 1. The lowest BCUT2D eigenvalue weighted by Gasteiger charge is -2.37. The Morgan fingerprint density at radius 2 is 1.85 bits per heavy atom.